The molecular formula is C9H15ClN2O. The zero-order chi connectivity index (χ0) is 9.68. The first-order valence-corrected chi connectivity index (χ1v) is 5.01. The topological polar surface area (TPSA) is 27.1 Å². The van der Waals surface area contributed by atoms with Crippen molar-refractivity contribution >= 4 is 11.6 Å². The highest BCUT2D eigenvalue weighted by Gasteiger charge is 2.08. The SMILES string of the molecule is CCn1ncc(OC)c1CCCCl. The van der Waals surface area contributed by atoms with Crippen molar-refractivity contribution < 1.29 is 4.74 Å². The molecule has 0 aliphatic rings. The van der Waals surface area contributed by atoms with Crippen LogP contribution in [0.1, 0.15) is 19.0 Å². The molecule has 0 saturated carbocycles. The van der Waals surface area contributed by atoms with Crippen LogP contribution < -0.4 is 4.74 Å². The summed E-state index contributed by atoms with van der Waals surface area (Å²) in [5.74, 6) is 1.55. The third-order valence-electron chi connectivity index (χ3n) is 1.98. The Morgan fingerprint density at radius 2 is 2.38 bits per heavy atom. The van der Waals surface area contributed by atoms with Gasteiger partial charge in [-0.05, 0) is 19.8 Å². The van der Waals surface area contributed by atoms with Gasteiger partial charge in [-0.15, -0.1) is 11.6 Å². The van der Waals surface area contributed by atoms with Gasteiger partial charge in [-0.2, -0.15) is 5.10 Å². The first kappa shape index (κ1) is 10.4. The number of alkyl halides is 1. The van der Waals surface area contributed by atoms with Crippen LogP contribution in [0.15, 0.2) is 6.20 Å². The van der Waals surface area contributed by atoms with E-state index in [2.05, 4.69) is 12.0 Å². The van der Waals surface area contributed by atoms with E-state index in [1.165, 1.54) is 0 Å². The molecule has 0 aliphatic carbocycles. The van der Waals surface area contributed by atoms with Crippen molar-refractivity contribution in [2.24, 2.45) is 0 Å². The van der Waals surface area contributed by atoms with Gasteiger partial charge in [0.1, 0.15) is 0 Å². The smallest absolute Gasteiger partial charge is 0.159 e. The molecule has 0 aliphatic heterocycles. The summed E-state index contributed by atoms with van der Waals surface area (Å²) in [6.07, 6.45) is 3.65. The fourth-order valence-corrected chi connectivity index (χ4v) is 1.46. The normalized spacial score (nSPS) is 10.4. The predicted octanol–water partition coefficient (Wildman–Crippen LogP) is 2.08. The summed E-state index contributed by atoms with van der Waals surface area (Å²) in [7, 11) is 1.67. The molecule has 0 amide bonds. The monoisotopic (exact) mass is 202 g/mol. The Hall–Kier alpha value is -0.700. The number of hydrogen-bond acceptors (Lipinski definition) is 2. The van der Waals surface area contributed by atoms with Crippen LogP contribution in [-0.2, 0) is 13.0 Å². The molecule has 4 heteroatoms. The second-order valence-corrected chi connectivity index (χ2v) is 3.15. The summed E-state index contributed by atoms with van der Waals surface area (Å²) in [5.41, 5.74) is 1.14. The number of halogens is 1. The van der Waals surface area contributed by atoms with Gasteiger partial charge in [0.25, 0.3) is 0 Å². The Labute approximate surface area is 83.6 Å². The maximum Gasteiger partial charge on any atom is 0.159 e. The Morgan fingerprint density at radius 1 is 1.62 bits per heavy atom. The molecule has 3 nitrogen and oxygen atoms in total. The second kappa shape index (κ2) is 5.12. The molecule has 0 bridgehead atoms. The Morgan fingerprint density at radius 3 is 2.92 bits per heavy atom. The molecular weight excluding hydrogens is 188 g/mol. The number of methoxy groups -OCH3 is 1. The van der Waals surface area contributed by atoms with Gasteiger partial charge < -0.3 is 4.74 Å². The van der Waals surface area contributed by atoms with Gasteiger partial charge >= 0.3 is 0 Å². The van der Waals surface area contributed by atoms with Crippen LogP contribution in [0.25, 0.3) is 0 Å². The van der Waals surface area contributed by atoms with Crippen LogP contribution in [0, 0.1) is 0 Å². The lowest BCUT2D eigenvalue weighted by Gasteiger charge is -2.05. The van der Waals surface area contributed by atoms with E-state index in [1.807, 2.05) is 4.68 Å². The average molecular weight is 203 g/mol. The molecule has 13 heavy (non-hydrogen) atoms. The maximum atomic E-state index is 5.64. The second-order valence-electron chi connectivity index (χ2n) is 2.77. The van der Waals surface area contributed by atoms with Gasteiger partial charge in [-0.3, -0.25) is 4.68 Å². The summed E-state index contributed by atoms with van der Waals surface area (Å²) < 4.78 is 7.15. The zero-order valence-corrected chi connectivity index (χ0v) is 8.84. The number of nitrogens with zero attached hydrogens (tertiary/aromatic N) is 2. The van der Waals surface area contributed by atoms with Gasteiger partial charge in [-0.25, -0.2) is 0 Å². The summed E-state index contributed by atoms with van der Waals surface area (Å²) in [6, 6.07) is 0. The molecule has 0 N–H and O–H groups in total. The number of ether oxygens (including phenoxy) is 1. The minimum atomic E-state index is 0.679. The number of rotatable bonds is 5. The molecule has 1 aromatic heterocycles. The Bertz CT molecular complexity index is 239. The molecule has 1 aromatic rings. The van der Waals surface area contributed by atoms with E-state index >= 15 is 0 Å². The highest BCUT2D eigenvalue weighted by atomic mass is 35.5. The van der Waals surface area contributed by atoms with Crippen LogP contribution in [0.4, 0.5) is 0 Å². The van der Waals surface area contributed by atoms with E-state index in [0.717, 1.165) is 30.8 Å². The van der Waals surface area contributed by atoms with Crippen LogP contribution in [0.2, 0.25) is 0 Å². The number of aryl methyl sites for hydroxylation is 1. The fourth-order valence-electron chi connectivity index (χ4n) is 1.32. The molecule has 0 fully saturated rings. The minimum Gasteiger partial charge on any atom is -0.493 e. The quantitative estimate of drug-likeness (QED) is 0.684. The van der Waals surface area contributed by atoms with E-state index in [0.29, 0.717) is 5.88 Å². The molecule has 1 rings (SSSR count). The number of aromatic nitrogens is 2. The Balaban J connectivity index is 2.78. The standard InChI is InChI=1S/C9H15ClN2O/c1-3-12-8(5-4-6-10)9(13-2)7-11-12/h7H,3-6H2,1-2H3. The van der Waals surface area contributed by atoms with Crippen molar-refractivity contribution in [2.75, 3.05) is 13.0 Å². The summed E-state index contributed by atoms with van der Waals surface area (Å²) in [5, 5.41) is 4.21. The van der Waals surface area contributed by atoms with E-state index in [9.17, 15) is 0 Å². The molecule has 0 saturated heterocycles. The van der Waals surface area contributed by atoms with Crippen molar-refractivity contribution in [2.45, 2.75) is 26.3 Å². The van der Waals surface area contributed by atoms with Gasteiger partial charge in [0.05, 0.1) is 19.0 Å². The van der Waals surface area contributed by atoms with E-state index in [1.54, 1.807) is 13.3 Å². The minimum absolute atomic E-state index is 0.679. The van der Waals surface area contributed by atoms with E-state index in [4.69, 9.17) is 16.3 Å². The third-order valence-corrected chi connectivity index (χ3v) is 2.24. The zero-order valence-electron chi connectivity index (χ0n) is 8.09. The van der Waals surface area contributed by atoms with Gasteiger partial charge in [-0.1, -0.05) is 0 Å². The fraction of sp³-hybridized carbons (Fsp3) is 0.667. The average Bonchev–Trinajstić information content (AvgIpc) is 2.56. The van der Waals surface area contributed by atoms with E-state index in [-0.39, 0.29) is 0 Å². The lowest BCUT2D eigenvalue weighted by Crippen LogP contribution is -2.03. The van der Waals surface area contributed by atoms with Crippen LogP contribution in [0.5, 0.6) is 5.75 Å². The first-order valence-electron chi connectivity index (χ1n) is 4.48. The molecule has 74 valence electrons. The van der Waals surface area contributed by atoms with Gasteiger partial charge in [0.15, 0.2) is 5.75 Å². The molecule has 0 aromatic carbocycles. The molecule has 0 unspecified atom stereocenters. The predicted molar refractivity (Wildman–Crippen MR) is 53.5 cm³/mol. The lowest BCUT2D eigenvalue weighted by atomic mass is 10.2. The summed E-state index contributed by atoms with van der Waals surface area (Å²) in [6.45, 7) is 2.94. The van der Waals surface area contributed by atoms with Crippen molar-refractivity contribution in [1.29, 1.82) is 0 Å². The van der Waals surface area contributed by atoms with Crippen molar-refractivity contribution in [3.05, 3.63) is 11.9 Å². The summed E-state index contributed by atoms with van der Waals surface area (Å²) >= 11 is 5.64. The third kappa shape index (κ3) is 2.37. The Kier molecular flexibility index (Phi) is 4.09. The molecule has 0 atom stereocenters. The van der Waals surface area contributed by atoms with E-state index < -0.39 is 0 Å². The lowest BCUT2D eigenvalue weighted by molar-refractivity contribution is 0.407. The maximum absolute atomic E-state index is 5.64. The van der Waals surface area contributed by atoms with Crippen LogP contribution in [0.3, 0.4) is 0 Å². The van der Waals surface area contributed by atoms with Crippen molar-refractivity contribution in [3.8, 4) is 5.75 Å². The highest BCUT2D eigenvalue weighted by Crippen LogP contribution is 2.19. The number of hydrogen-bond donors (Lipinski definition) is 0. The molecule has 0 spiro atoms. The largest absolute Gasteiger partial charge is 0.493 e. The highest BCUT2D eigenvalue weighted by molar-refractivity contribution is 6.17. The van der Waals surface area contributed by atoms with Gasteiger partial charge in [0, 0.05) is 12.4 Å². The molecule has 0 radical (unpaired) electrons. The van der Waals surface area contributed by atoms with Crippen LogP contribution in [-0.4, -0.2) is 22.8 Å². The van der Waals surface area contributed by atoms with Crippen molar-refractivity contribution in [3.63, 3.8) is 0 Å². The summed E-state index contributed by atoms with van der Waals surface area (Å²) in [4.78, 5) is 0. The van der Waals surface area contributed by atoms with Crippen LogP contribution >= 0.6 is 11.6 Å². The first-order chi connectivity index (χ1) is 6.33. The van der Waals surface area contributed by atoms with Crippen molar-refractivity contribution in [1.82, 2.24) is 9.78 Å². The van der Waals surface area contributed by atoms with Gasteiger partial charge in [0.2, 0.25) is 0 Å². The molecule has 1 heterocycles.